The van der Waals surface area contributed by atoms with Crippen LogP contribution in [0.2, 0.25) is 0 Å². The van der Waals surface area contributed by atoms with Gasteiger partial charge in [-0.3, -0.25) is 0 Å². The smallest absolute Gasteiger partial charge is 0.138 e. The molecule has 1 heterocycles. The lowest BCUT2D eigenvalue weighted by Gasteiger charge is -2.33. The molecule has 0 aromatic carbocycles. The number of likely N-dealkylation sites (N-methyl/N-ethyl adjacent to an activating group) is 1. The Morgan fingerprint density at radius 3 is 2.05 bits per heavy atom. The summed E-state index contributed by atoms with van der Waals surface area (Å²) in [7, 11) is 6.05. The largest absolute Gasteiger partial charge is 0.373 e. The summed E-state index contributed by atoms with van der Waals surface area (Å²) in [5.41, 5.74) is -0.00694. The van der Waals surface area contributed by atoms with E-state index in [1.54, 1.807) is 0 Å². The SMILES string of the molecule is CNc1cc(NCC(C)(C)N(C)C)nc(C(C)(C)C)n1. The van der Waals surface area contributed by atoms with Gasteiger partial charge in [0.05, 0.1) is 0 Å². The first-order valence-electron chi connectivity index (χ1n) is 7.05. The second-order valence-corrected chi connectivity index (χ2v) is 7.02. The van der Waals surface area contributed by atoms with Crippen LogP contribution in [-0.4, -0.2) is 48.1 Å². The van der Waals surface area contributed by atoms with E-state index >= 15 is 0 Å². The fourth-order valence-electron chi connectivity index (χ4n) is 1.47. The highest BCUT2D eigenvalue weighted by Gasteiger charge is 2.22. The average Bonchev–Trinajstić information content (AvgIpc) is 2.34. The van der Waals surface area contributed by atoms with Gasteiger partial charge in [-0.25, -0.2) is 9.97 Å². The Labute approximate surface area is 123 Å². The minimum atomic E-state index is -0.0691. The minimum absolute atomic E-state index is 0.0622. The molecular formula is C15H29N5. The molecule has 1 aromatic rings. The van der Waals surface area contributed by atoms with E-state index in [1.807, 2.05) is 13.1 Å². The van der Waals surface area contributed by atoms with Gasteiger partial charge in [-0.05, 0) is 27.9 Å². The van der Waals surface area contributed by atoms with Gasteiger partial charge >= 0.3 is 0 Å². The minimum Gasteiger partial charge on any atom is -0.373 e. The van der Waals surface area contributed by atoms with Crippen LogP contribution in [0, 0.1) is 0 Å². The van der Waals surface area contributed by atoms with Gasteiger partial charge in [0.2, 0.25) is 0 Å². The van der Waals surface area contributed by atoms with Crippen LogP contribution in [0.5, 0.6) is 0 Å². The van der Waals surface area contributed by atoms with Crippen molar-refractivity contribution in [3.8, 4) is 0 Å². The molecule has 0 atom stereocenters. The van der Waals surface area contributed by atoms with Crippen LogP contribution in [0.3, 0.4) is 0 Å². The van der Waals surface area contributed by atoms with Crippen molar-refractivity contribution in [2.24, 2.45) is 0 Å². The van der Waals surface area contributed by atoms with Crippen molar-refractivity contribution in [1.82, 2.24) is 14.9 Å². The van der Waals surface area contributed by atoms with Crippen LogP contribution in [0.1, 0.15) is 40.4 Å². The molecule has 0 saturated carbocycles. The fraction of sp³-hybridized carbons (Fsp3) is 0.733. The van der Waals surface area contributed by atoms with E-state index in [9.17, 15) is 0 Å². The number of hydrogen-bond donors (Lipinski definition) is 2. The van der Waals surface area contributed by atoms with E-state index in [-0.39, 0.29) is 11.0 Å². The molecule has 1 aromatic heterocycles. The monoisotopic (exact) mass is 279 g/mol. The second-order valence-electron chi connectivity index (χ2n) is 7.02. The van der Waals surface area contributed by atoms with Gasteiger partial charge in [0.25, 0.3) is 0 Å². The van der Waals surface area contributed by atoms with Gasteiger partial charge in [0.15, 0.2) is 0 Å². The first kappa shape index (κ1) is 16.7. The van der Waals surface area contributed by atoms with E-state index in [4.69, 9.17) is 0 Å². The molecule has 0 bridgehead atoms. The maximum Gasteiger partial charge on any atom is 0.138 e. The van der Waals surface area contributed by atoms with Crippen molar-refractivity contribution in [2.75, 3.05) is 38.3 Å². The molecule has 5 heteroatoms. The number of anilines is 2. The summed E-state index contributed by atoms with van der Waals surface area (Å²) in [6.07, 6.45) is 0. The van der Waals surface area contributed by atoms with E-state index in [0.717, 1.165) is 24.0 Å². The number of nitrogens with one attached hydrogen (secondary N) is 2. The molecule has 0 aliphatic heterocycles. The molecular weight excluding hydrogens is 250 g/mol. The zero-order chi connectivity index (χ0) is 15.6. The summed E-state index contributed by atoms with van der Waals surface area (Å²) in [5.74, 6) is 2.55. The van der Waals surface area contributed by atoms with Crippen molar-refractivity contribution < 1.29 is 0 Å². The third kappa shape index (κ3) is 4.34. The maximum atomic E-state index is 4.63. The van der Waals surface area contributed by atoms with Crippen LogP contribution < -0.4 is 10.6 Å². The van der Waals surface area contributed by atoms with E-state index in [2.05, 4.69) is 74.2 Å². The number of nitrogens with zero attached hydrogens (tertiary/aromatic N) is 3. The number of hydrogen-bond acceptors (Lipinski definition) is 5. The molecule has 2 N–H and O–H groups in total. The third-order valence-electron chi connectivity index (χ3n) is 3.57. The predicted octanol–water partition coefficient (Wildman–Crippen LogP) is 2.57. The molecule has 0 fully saturated rings. The summed E-state index contributed by atoms with van der Waals surface area (Å²) in [4.78, 5) is 11.4. The van der Waals surface area contributed by atoms with Crippen LogP contribution in [0.25, 0.3) is 0 Å². The van der Waals surface area contributed by atoms with Crippen LogP contribution in [0.4, 0.5) is 11.6 Å². The average molecular weight is 279 g/mol. The first-order valence-corrected chi connectivity index (χ1v) is 7.05. The molecule has 0 spiro atoms. The van der Waals surface area contributed by atoms with Crippen LogP contribution in [0.15, 0.2) is 6.07 Å². The Hall–Kier alpha value is -1.36. The summed E-state index contributed by atoms with van der Waals surface area (Å²) in [5, 5.41) is 6.52. The molecule has 0 aliphatic rings. The summed E-state index contributed by atoms with van der Waals surface area (Å²) in [6.45, 7) is 11.6. The lowest BCUT2D eigenvalue weighted by atomic mass is 9.96. The van der Waals surface area contributed by atoms with Crippen LogP contribution in [-0.2, 0) is 5.41 Å². The standard InChI is InChI=1S/C15H29N5/c1-14(2,3)13-18-11(16-6)9-12(19-13)17-10-15(4,5)20(7)8/h9H,10H2,1-8H3,(H2,16,17,18,19). The highest BCUT2D eigenvalue weighted by molar-refractivity contribution is 5.48. The zero-order valence-electron chi connectivity index (χ0n) is 14.1. The fourth-order valence-corrected chi connectivity index (χ4v) is 1.47. The van der Waals surface area contributed by atoms with Gasteiger partial charge in [-0.15, -0.1) is 0 Å². The molecule has 0 radical (unpaired) electrons. The van der Waals surface area contributed by atoms with Gasteiger partial charge in [0, 0.05) is 30.6 Å². The summed E-state index contributed by atoms with van der Waals surface area (Å²) < 4.78 is 0. The first-order chi connectivity index (χ1) is 9.06. The predicted molar refractivity (Wildman–Crippen MR) is 86.5 cm³/mol. The number of rotatable bonds is 5. The Balaban J connectivity index is 2.96. The molecule has 0 saturated heterocycles. The highest BCUT2D eigenvalue weighted by atomic mass is 15.2. The van der Waals surface area contributed by atoms with E-state index in [1.165, 1.54) is 0 Å². The van der Waals surface area contributed by atoms with E-state index < -0.39 is 0 Å². The lowest BCUT2D eigenvalue weighted by Crippen LogP contribution is -2.44. The topological polar surface area (TPSA) is 53.1 Å². The molecule has 114 valence electrons. The second kappa shape index (κ2) is 5.95. The molecule has 0 unspecified atom stereocenters. The zero-order valence-corrected chi connectivity index (χ0v) is 14.1. The van der Waals surface area contributed by atoms with Gasteiger partial charge in [0.1, 0.15) is 17.5 Å². The van der Waals surface area contributed by atoms with Crippen molar-refractivity contribution in [2.45, 2.75) is 45.6 Å². The third-order valence-corrected chi connectivity index (χ3v) is 3.57. The van der Waals surface area contributed by atoms with Gasteiger partial charge in [-0.1, -0.05) is 20.8 Å². The van der Waals surface area contributed by atoms with Crippen molar-refractivity contribution >= 4 is 11.6 Å². The Morgan fingerprint density at radius 2 is 1.60 bits per heavy atom. The molecule has 1 rings (SSSR count). The normalized spacial score (nSPS) is 12.7. The Morgan fingerprint density at radius 1 is 1.05 bits per heavy atom. The summed E-state index contributed by atoms with van der Waals surface area (Å²) >= 11 is 0. The number of aromatic nitrogens is 2. The van der Waals surface area contributed by atoms with Crippen LogP contribution >= 0.6 is 0 Å². The Kier molecular flexibility index (Phi) is 4.97. The van der Waals surface area contributed by atoms with Gasteiger partial charge in [-0.2, -0.15) is 0 Å². The highest BCUT2D eigenvalue weighted by Crippen LogP contribution is 2.22. The maximum absolute atomic E-state index is 4.63. The van der Waals surface area contributed by atoms with E-state index in [0.29, 0.717) is 0 Å². The molecule has 20 heavy (non-hydrogen) atoms. The summed E-state index contributed by atoms with van der Waals surface area (Å²) in [6, 6.07) is 1.95. The van der Waals surface area contributed by atoms with Crippen molar-refractivity contribution in [3.63, 3.8) is 0 Å². The van der Waals surface area contributed by atoms with Crippen molar-refractivity contribution in [3.05, 3.63) is 11.9 Å². The van der Waals surface area contributed by atoms with Crippen molar-refractivity contribution in [1.29, 1.82) is 0 Å². The quantitative estimate of drug-likeness (QED) is 0.867. The molecule has 0 aliphatic carbocycles. The van der Waals surface area contributed by atoms with Gasteiger partial charge < -0.3 is 15.5 Å². The lowest BCUT2D eigenvalue weighted by molar-refractivity contribution is 0.210. The Bertz CT molecular complexity index is 446. The molecule has 5 nitrogen and oxygen atoms in total. The molecule has 0 amide bonds.